The van der Waals surface area contributed by atoms with Crippen molar-refractivity contribution in [1.29, 1.82) is 0 Å². The predicted octanol–water partition coefficient (Wildman–Crippen LogP) is 10.4. The number of para-hydroxylation sites is 2. The van der Waals surface area contributed by atoms with Gasteiger partial charge in [-0.1, -0.05) is 103 Å². The van der Waals surface area contributed by atoms with Gasteiger partial charge in [-0.05, 0) is 77.2 Å². The van der Waals surface area contributed by atoms with Gasteiger partial charge in [0, 0.05) is 22.2 Å². The van der Waals surface area contributed by atoms with E-state index in [9.17, 15) is 0 Å². The van der Waals surface area contributed by atoms with Crippen LogP contribution in [0.2, 0.25) is 0 Å². The third kappa shape index (κ3) is 3.23. The molecule has 0 bridgehead atoms. The Bertz CT molecular complexity index is 1940. The van der Waals surface area contributed by atoms with Crippen molar-refractivity contribution >= 4 is 39.0 Å². The van der Waals surface area contributed by atoms with Gasteiger partial charge in [-0.15, -0.1) is 0 Å². The van der Waals surface area contributed by atoms with E-state index in [1.165, 1.54) is 27.8 Å². The van der Waals surface area contributed by atoms with Gasteiger partial charge in [0.2, 0.25) is 0 Å². The normalized spacial score (nSPS) is 13.3. The van der Waals surface area contributed by atoms with Gasteiger partial charge in [0.1, 0.15) is 11.2 Å². The molecule has 0 N–H and O–H groups in total. The van der Waals surface area contributed by atoms with Crippen LogP contribution in [0.3, 0.4) is 0 Å². The summed E-state index contributed by atoms with van der Waals surface area (Å²) in [6, 6.07) is 51.8. The molecule has 1 aliphatic rings. The highest BCUT2D eigenvalue weighted by atomic mass is 16.3. The first kappa shape index (κ1) is 22.9. The Labute approximate surface area is 233 Å². The van der Waals surface area contributed by atoms with E-state index >= 15 is 0 Å². The van der Waals surface area contributed by atoms with E-state index in [-0.39, 0.29) is 5.41 Å². The number of hydrogen-bond donors (Lipinski definition) is 0. The first-order valence-corrected chi connectivity index (χ1v) is 13.8. The van der Waals surface area contributed by atoms with Gasteiger partial charge >= 0.3 is 0 Å². The molecule has 1 aliphatic carbocycles. The fourth-order valence-corrected chi connectivity index (χ4v) is 6.65. The minimum absolute atomic E-state index is 0.261. The zero-order valence-electron chi connectivity index (χ0n) is 22.2. The molecular formula is C38H27NO. The summed E-state index contributed by atoms with van der Waals surface area (Å²) in [6.07, 6.45) is 0. The van der Waals surface area contributed by atoms with Crippen LogP contribution >= 0.6 is 0 Å². The first-order chi connectivity index (χ1) is 19.7. The maximum absolute atomic E-state index is 6.61. The van der Waals surface area contributed by atoms with E-state index in [2.05, 4.69) is 157 Å². The summed E-state index contributed by atoms with van der Waals surface area (Å²) in [7, 11) is 0. The second-order valence-corrected chi connectivity index (χ2v) is 10.7. The SMILES string of the molecule is CC1(c2ccc3c(c2)oc2cccc(N(c4ccccc4)c4ccccc4)c23)c2ccccc2-c2ccccc21. The molecule has 2 nitrogen and oxygen atoms in total. The van der Waals surface area contributed by atoms with E-state index in [1.807, 2.05) is 0 Å². The fourth-order valence-electron chi connectivity index (χ4n) is 6.65. The third-order valence-corrected chi connectivity index (χ3v) is 8.54. The molecule has 40 heavy (non-hydrogen) atoms. The minimum atomic E-state index is -0.261. The van der Waals surface area contributed by atoms with Crippen molar-refractivity contribution in [2.45, 2.75) is 12.3 Å². The maximum Gasteiger partial charge on any atom is 0.137 e. The first-order valence-electron chi connectivity index (χ1n) is 13.8. The molecule has 1 aromatic heterocycles. The van der Waals surface area contributed by atoms with Crippen LogP contribution in [0.1, 0.15) is 23.6 Å². The van der Waals surface area contributed by atoms with Crippen molar-refractivity contribution in [2.75, 3.05) is 4.90 Å². The maximum atomic E-state index is 6.61. The zero-order valence-corrected chi connectivity index (χ0v) is 22.2. The monoisotopic (exact) mass is 513 g/mol. The van der Waals surface area contributed by atoms with Crippen molar-refractivity contribution in [1.82, 2.24) is 0 Å². The van der Waals surface area contributed by atoms with Gasteiger partial charge in [0.05, 0.1) is 11.1 Å². The average molecular weight is 514 g/mol. The molecule has 0 saturated heterocycles. The van der Waals surface area contributed by atoms with Crippen molar-refractivity contribution in [3.63, 3.8) is 0 Å². The highest BCUT2D eigenvalue weighted by molar-refractivity contribution is 6.13. The summed E-state index contributed by atoms with van der Waals surface area (Å²) >= 11 is 0. The summed E-state index contributed by atoms with van der Waals surface area (Å²) in [5.74, 6) is 0. The predicted molar refractivity (Wildman–Crippen MR) is 166 cm³/mol. The van der Waals surface area contributed by atoms with Crippen molar-refractivity contribution < 1.29 is 4.42 Å². The van der Waals surface area contributed by atoms with Gasteiger partial charge in [0.25, 0.3) is 0 Å². The number of benzene rings is 6. The largest absolute Gasteiger partial charge is 0.456 e. The second-order valence-electron chi connectivity index (χ2n) is 10.7. The molecule has 0 fully saturated rings. The lowest BCUT2D eigenvalue weighted by molar-refractivity contribution is 0.662. The highest BCUT2D eigenvalue weighted by Crippen LogP contribution is 2.53. The molecule has 6 aromatic carbocycles. The molecule has 2 heteroatoms. The molecule has 1 heterocycles. The lowest BCUT2D eigenvalue weighted by atomic mass is 9.74. The molecule has 0 amide bonds. The Morgan fingerprint density at radius 3 is 1.73 bits per heavy atom. The molecule has 190 valence electrons. The number of anilines is 3. The number of rotatable bonds is 4. The summed E-state index contributed by atoms with van der Waals surface area (Å²) in [4.78, 5) is 2.32. The molecule has 0 aliphatic heterocycles. The van der Waals surface area contributed by atoms with Crippen LogP contribution in [0.4, 0.5) is 17.1 Å². The summed E-state index contributed by atoms with van der Waals surface area (Å²) in [5, 5.41) is 2.24. The molecule has 7 aromatic rings. The van der Waals surface area contributed by atoms with E-state index in [0.717, 1.165) is 39.0 Å². The Morgan fingerprint density at radius 2 is 1.10 bits per heavy atom. The minimum Gasteiger partial charge on any atom is -0.456 e. The Morgan fingerprint density at radius 1 is 0.525 bits per heavy atom. The van der Waals surface area contributed by atoms with Gasteiger partial charge < -0.3 is 9.32 Å². The Hall–Kier alpha value is -5.08. The van der Waals surface area contributed by atoms with Crippen LogP contribution in [0.5, 0.6) is 0 Å². The van der Waals surface area contributed by atoms with Crippen molar-refractivity contribution in [3.8, 4) is 11.1 Å². The van der Waals surface area contributed by atoms with Gasteiger partial charge in [-0.3, -0.25) is 0 Å². The van der Waals surface area contributed by atoms with Crippen molar-refractivity contribution in [3.05, 3.63) is 162 Å². The van der Waals surface area contributed by atoms with Crippen LogP contribution in [0, 0.1) is 0 Å². The highest BCUT2D eigenvalue weighted by Gasteiger charge is 2.40. The fraction of sp³-hybridized carbons (Fsp3) is 0.0526. The lowest BCUT2D eigenvalue weighted by Crippen LogP contribution is -2.22. The summed E-state index contributed by atoms with van der Waals surface area (Å²) < 4.78 is 6.61. The van der Waals surface area contributed by atoms with E-state index in [1.54, 1.807) is 0 Å². The molecular weight excluding hydrogens is 486 g/mol. The summed E-state index contributed by atoms with van der Waals surface area (Å²) in [6.45, 7) is 2.35. The molecule has 0 spiro atoms. The zero-order chi connectivity index (χ0) is 26.7. The van der Waals surface area contributed by atoms with Gasteiger partial charge in [-0.25, -0.2) is 0 Å². The summed E-state index contributed by atoms with van der Waals surface area (Å²) in [5.41, 5.74) is 11.4. The van der Waals surface area contributed by atoms with Crippen molar-refractivity contribution in [2.24, 2.45) is 0 Å². The van der Waals surface area contributed by atoms with Crippen LogP contribution in [0.15, 0.2) is 150 Å². The lowest BCUT2D eigenvalue weighted by Gasteiger charge is -2.28. The van der Waals surface area contributed by atoms with Crippen LogP contribution in [-0.2, 0) is 5.41 Å². The molecule has 0 unspecified atom stereocenters. The number of nitrogens with zero attached hydrogens (tertiary/aromatic N) is 1. The van der Waals surface area contributed by atoms with Crippen LogP contribution in [0.25, 0.3) is 33.1 Å². The van der Waals surface area contributed by atoms with Crippen LogP contribution in [-0.4, -0.2) is 0 Å². The number of fused-ring (bicyclic) bond motifs is 6. The smallest absolute Gasteiger partial charge is 0.137 e. The van der Waals surface area contributed by atoms with E-state index in [4.69, 9.17) is 4.42 Å². The number of hydrogen-bond acceptors (Lipinski definition) is 2. The average Bonchev–Trinajstić information content (AvgIpc) is 3.52. The van der Waals surface area contributed by atoms with Gasteiger partial charge in [-0.2, -0.15) is 0 Å². The second kappa shape index (κ2) is 8.72. The molecule has 8 rings (SSSR count). The molecule has 0 saturated carbocycles. The van der Waals surface area contributed by atoms with Gasteiger partial charge in [0.15, 0.2) is 0 Å². The van der Waals surface area contributed by atoms with E-state index in [0.29, 0.717) is 0 Å². The molecule has 0 radical (unpaired) electrons. The topological polar surface area (TPSA) is 16.4 Å². The van der Waals surface area contributed by atoms with Crippen LogP contribution < -0.4 is 4.90 Å². The standard InChI is InChI=1S/C38H27NO/c1-38(32-19-10-8-17-29(32)30-18-9-11-20-33(30)38)26-23-24-31-36(25-26)40-35-22-12-21-34(37(31)35)39(27-13-4-2-5-14-27)28-15-6-3-7-16-28/h2-25H,1H3. The quantitative estimate of drug-likeness (QED) is 0.233. The number of furan rings is 1. The Balaban J connectivity index is 1.35. The Kier molecular flexibility index (Phi) is 4.99. The molecule has 0 atom stereocenters. The van der Waals surface area contributed by atoms with E-state index < -0.39 is 0 Å². The third-order valence-electron chi connectivity index (χ3n) is 8.54.